The summed E-state index contributed by atoms with van der Waals surface area (Å²) in [5.41, 5.74) is 5.70. The van der Waals surface area contributed by atoms with Crippen molar-refractivity contribution in [2.24, 2.45) is 11.7 Å². The quantitative estimate of drug-likeness (QED) is 0.657. The van der Waals surface area contributed by atoms with Crippen molar-refractivity contribution in [2.75, 3.05) is 13.1 Å². The maximum Gasteiger partial charge on any atom is 0.315 e. The largest absolute Gasteiger partial charge is 0.338 e. The highest BCUT2D eigenvalue weighted by Crippen LogP contribution is 2.23. The molecule has 0 spiro atoms. The van der Waals surface area contributed by atoms with Gasteiger partial charge in [0.2, 0.25) is 0 Å². The van der Waals surface area contributed by atoms with Crippen LogP contribution in [0.3, 0.4) is 0 Å². The van der Waals surface area contributed by atoms with Crippen LogP contribution >= 0.6 is 0 Å². The molecule has 0 aliphatic heterocycles. The average molecular weight is 213 g/mol. The van der Waals surface area contributed by atoms with Crippen molar-refractivity contribution in [3.63, 3.8) is 0 Å². The van der Waals surface area contributed by atoms with Gasteiger partial charge in [-0.25, -0.2) is 4.79 Å². The third-order valence-electron chi connectivity index (χ3n) is 3.06. The zero-order valence-corrected chi connectivity index (χ0v) is 9.59. The lowest BCUT2D eigenvalue weighted by molar-refractivity contribution is 0.219. The minimum Gasteiger partial charge on any atom is -0.338 e. The SMILES string of the molecule is CCCNC(=O)NC1CCCCC1CN. The summed E-state index contributed by atoms with van der Waals surface area (Å²) in [6.45, 7) is 3.47. The Labute approximate surface area is 92.0 Å². The lowest BCUT2D eigenvalue weighted by atomic mass is 9.84. The molecule has 2 atom stereocenters. The fraction of sp³-hybridized carbons (Fsp3) is 0.909. The van der Waals surface area contributed by atoms with E-state index < -0.39 is 0 Å². The van der Waals surface area contributed by atoms with Gasteiger partial charge in [0.15, 0.2) is 0 Å². The highest BCUT2D eigenvalue weighted by atomic mass is 16.2. The number of amides is 2. The lowest BCUT2D eigenvalue weighted by Gasteiger charge is -2.31. The Morgan fingerprint density at radius 3 is 2.80 bits per heavy atom. The maximum absolute atomic E-state index is 11.5. The monoisotopic (exact) mass is 213 g/mol. The first-order valence-corrected chi connectivity index (χ1v) is 6.02. The summed E-state index contributed by atoms with van der Waals surface area (Å²) < 4.78 is 0. The minimum atomic E-state index is -0.0396. The molecule has 0 aromatic carbocycles. The average Bonchev–Trinajstić information content (AvgIpc) is 2.27. The molecule has 0 heterocycles. The predicted octanol–water partition coefficient (Wildman–Crippen LogP) is 1.21. The van der Waals surface area contributed by atoms with Crippen LogP contribution in [0.4, 0.5) is 4.79 Å². The summed E-state index contributed by atoms with van der Waals surface area (Å²) in [4.78, 5) is 11.5. The minimum absolute atomic E-state index is 0.0396. The molecule has 0 aromatic rings. The Hall–Kier alpha value is -0.770. The predicted molar refractivity (Wildman–Crippen MR) is 61.6 cm³/mol. The van der Waals surface area contributed by atoms with E-state index in [0.717, 1.165) is 25.8 Å². The van der Waals surface area contributed by atoms with Crippen LogP contribution in [0.2, 0.25) is 0 Å². The van der Waals surface area contributed by atoms with Gasteiger partial charge < -0.3 is 16.4 Å². The molecule has 1 fully saturated rings. The first kappa shape index (κ1) is 12.3. The second-order valence-corrected chi connectivity index (χ2v) is 4.29. The zero-order valence-electron chi connectivity index (χ0n) is 9.59. The summed E-state index contributed by atoms with van der Waals surface area (Å²) in [6, 6.07) is 0.239. The fourth-order valence-corrected chi connectivity index (χ4v) is 2.14. The summed E-state index contributed by atoms with van der Waals surface area (Å²) in [5, 5.41) is 5.86. The van der Waals surface area contributed by atoms with Crippen LogP contribution in [0.15, 0.2) is 0 Å². The van der Waals surface area contributed by atoms with Crippen molar-refractivity contribution in [3.8, 4) is 0 Å². The van der Waals surface area contributed by atoms with E-state index in [0.29, 0.717) is 12.5 Å². The molecule has 88 valence electrons. The van der Waals surface area contributed by atoms with Crippen LogP contribution in [0, 0.1) is 5.92 Å². The Morgan fingerprint density at radius 2 is 2.13 bits per heavy atom. The number of carbonyl (C=O) groups is 1. The van der Waals surface area contributed by atoms with E-state index in [1.54, 1.807) is 0 Å². The van der Waals surface area contributed by atoms with Gasteiger partial charge in [-0.15, -0.1) is 0 Å². The molecule has 4 nitrogen and oxygen atoms in total. The van der Waals surface area contributed by atoms with E-state index in [1.807, 2.05) is 6.92 Å². The third kappa shape index (κ3) is 4.08. The summed E-state index contributed by atoms with van der Waals surface area (Å²) >= 11 is 0. The molecule has 2 unspecified atom stereocenters. The molecule has 4 N–H and O–H groups in total. The van der Waals surface area contributed by atoms with Crippen molar-refractivity contribution in [1.82, 2.24) is 10.6 Å². The van der Waals surface area contributed by atoms with Crippen LogP contribution in [0.25, 0.3) is 0 Å². The second-order valence-electron chi connectivity index (χ2n) is 4.29. The Bertz CT molecular complexity index is 196. The molecule has 2 amide bonds. The van der Waals surface area contributed by atoms with Crippen molar-refractivity contribution in [1.29, 1.82) is 0 Å². The van der Waals surface area contributed by atoms with Crippen molar-refractivity contribution in [2.45, 2.75) is 45.1 Å². The zero-order chi connectivity index (χ0) is 11.1. The Morgan fingerprint density at radius 1 is 1.40 bits per heavy atom. The number of hydrogen-bond acceptors (Lipinski definition) is 2. The maximum atomic E-state index is 11.5. The molecule has 0 bridgehead atoms. The first-order valence-electron chi connectivity index (χ1n) is 6.02. The Balaban J connectivity index is 2.30. The number of nitrogens with one attached hydrogen (secondary N) is 2. The van der Waals surface area contributed by atoms with Gasteiger partial charge in [-0.3, -0.25) is 0 Å². The molecule has 0 saturated heterocycles. The molecule has 0 aromatic heterocycles. The van der Waals surface area contributed by atoms with Gasteiger partial charge in [0.25, 0.3) is 0 Å². The van der Waals surface area contributed by atoms with Crippen molar-refractivity contribution >= 4 is 6.03 Å². The van der Waals surface area contributed by atoms with Gasteiger partial charge in [-0.1, -0.05) is 19.8 Å². The van der Waals surface area contributed by atoms with Crippen LogP contribution in [0.1, 0.15) is 39.0 Å². The highest BCUT2D eigenvalue weighted by Gasteiger charge is 2.24. The number of hydrogen-bond donors (Lipinski definition) is 3. The van der Waals surface area contributed by atoms with Crippen LogP contribution in [-0.2, 0) is 0 Å². The van der Waals surface area contributed by atoms with E-state index in [1.165, 1.54) is 12.8 Å². The van der Waals surface area contributed by atoms with Gasteiger partial charge in [0.05, 0.1) is 0 Å². The molecule has 1 rings (SSSR count). The number of nitrogens with two attached hydrogens (primary N) is 1. The third-order valence-corrected chi connectivity index (χ3v) is 3.06. The van der Waals surface area contributed by atoms with Crippen LogP contribution in [0.5, 0.6) is 0 Å². The lowest BCUT2D eigenvalue weighted by Crippen LogP contribution is -2.48. The van der Waals surface area contributed by atoms with Gasteiger partial charge in [-0.2, -0.15) is 0 Å². The standard InChI is InChI=1S/C11H23N3O/c1-2-7-13-11(15)14-10-6-4-3-5-9(10)8-12/h9-10H,2-8,12H2,1H3,(H2,13,14,15). The molecule has 1 aliphatic carbocycles. The molecule has 4 heteroatoms. The molecule has 1 saturated carbocycles. The number of rotatable bonds is 4. The highest BCUT2D eigenvalue weighted by molar-refractivity contribution is 5.74. The molecular formula is C11H23N3O. The van der Waals surface area contributed by atoms with Crippen molar-refractivity contribution in [3.05, 3.63) is 0 Å². The first-order chi connectivity index (χ1) is 7.27. The van der Waals surface area contributed by atoms with Gasteiger partial charge in [0, 0.05) is 12.6 Å². The molecule has 1 aliphatic rings. The second kappa shape index (κ2) is 6.67. The molecular weight excluding hydrogens is 190 g/mol. The molecule has 0 radical (unpaired) electrons. The van der Waals surface area contributed by atoms with E-state index >= 15 is 0 Å². The molecule has 15 heavy (non-hydrogen) atoms. The van der Waals surface area contributed by atoms with Gasteiger partial charge in [-0.05, 0) is 31.7 Å². The number of carbonyl (C=O) groups excluding carboxylic acids is 1. The topological polar surface area (TPSA) is 67.2 Å². The smallest absolute Gasteiger partial charge is 0.315 e. The van der Waals surface area contributed by atoms with Gasteiger partial charge >= 0.3 is 6.03 Å². The van der Waals surface area contributed by atoms with Crippen LogP contribution < -0.4 is 16.4 Å². The summed E-state index contributed by atoms with van der Waals surface area (Å²) in [7, 11) is 0. The Kier molecular flexibility index (Phi) is 5.47. The van der Waals surface area contributed by atoms with E-state index in [-0.39, 0.29) is 12.1 Å². The van der Waals surface area contributed by atoms with Crippen molar-refractivity contribution < 1.29 is 4.79 Å². The fourth-order valence-electron chi connectivity index (χ4n) is 2.14. The van der Waals surface area contributed by atoms with E-state index in [2.05, 4.69) is 10.6 Å². The van der Waals surface area contributed by atoms with Crippen LogP contribution in [-0.4, -0.2) is 25.2 Å². The summed E-state index contributed by atoms with van der Waals surface area (Å²) in [5.74, 6) is 0.464. The summed E-state index contributed by atoms with van der Waals surface area (Å²) in [6.07, 6.45) is 5.64. The van der Waals surface area contributed by atoms with E-state index in [4.69, 9.17) is 5.73 Å². The normalized spacial score (nSPS) is 26.0. The van der Waals surface area contributed by atoms with Gasteiger partial charge in [0.1, 0.15) is 0 Å². The number of urea groups is 1. The van der Waals surface area contributed by atoms with E-state index in [9.17, 15) is 4.79 Å².